The van der Waals surface area contributed by atoms with Crippen LogP contribution in [-0.4, -0.2) is 38.8 Å². The number of anilines is 2. The quantitative estimate of drug-likeness (QED) is 0.218. The number of halogens is 1. The number of nitrogens with zero attached hydrogens (tertiary/aromatic N) is 4. The van der Waals surface area contributed by atoms with Gasteiger partial charge in [-0.15, -0.1) is 0 Å². The number of carbonyl (C=O) groups is 1. The van der Waals surface area contributed by atoms with Crippen LogP contribution in [0, 0.1) is 25.7 Å². The number of benzene rings is 2. The Morgan fingerprint density at radius 3 is 2.40 bits per heavy atom. The molecule has 2 aliphatic heterocycles. The van der Waals surface area contributed by atoms with Crippen LogP contribution in [0.15, 0.2) is 72.9 Å². The molecule has 222 valence electrons. The Morgan fingerprint density at radius 1 is 1.00 bits per heavy atom. The lowest BCUT2D eigenvalue weighted by Crippen LogP contribution is -2.38. The number of rotatable bonds is 6. The smallest absolute Gasteiger partial charge is 0.337 e. The summed E-state index contributed by atoms with van der Waals surface area (Å²) in [6.45, 7) is 10.6. The minimum absolute atomic E-state index is 0.236. The van der Waals surface area contributed by atoms with Crippen LogP contribution < -0.4 is 15.1 Å². The summed E-state index contributed by atoms with van der Waals surface area (Å²) in [4.78, 5) is 21.4. The third-order valence-electron chi connectivity index (χ3n) is 8.68. The molecule has 7 nitrogen and oxygen atoms in total. The molecular formula is C34H36ClN5O2S. The average Bonchev–Trinajstić information content (AvgIpc) is 3.47. The maximum Gasteiger partial charge on any atom is 0.337 e. The molecule has 0 bridgehead atoms. The molecule has 4 aromatic rings. The van der Waals surface area contributed by atoms with Gasteiger partial charge in [-0.2, -0.15) is 0 Å². The summed E-state index contributed by atoms with van der Waals surface area (Å²) >= 11 is 13.0. The number of piperidine rings is 1. The lowest BCUT2D eigenvalue weighted by Gasteiger charge is -2.37. The fourth-order valence-electron chi connectivity index (χ4n) is 7.02. The van der Waals surface area contributed by atoms with Crippen LogP contribution in [0.3, 0.4) is 0 Å². The van der Waals surface area contributed by atoms with Crippen LogP contribution in [0.5, 0.6) is 0 Å². The maximum absolute atomic E-state index is 12.1. The van der Waals surface area contributed by atoms with Gasteiger partial charge in [-0.05, 0) is 98.4 Å². The molecule has 2 aromatic heterocycles. The molecule has 6 rings (SSSR count). The first kappa shape index (κ1) is 29.2. The Morgan fingerprint density at radius 2 is 1.72 bits per heavy atom. The van der Waals surface area contributed by atoms with E-state index >= 15 is 0 Å². The Bertz CT molecular complexity index is 1680. The van der Waals surface area contributed by atoms with Crippen molar-refractivity contribution >= 4 is 46.3 Å². The van der Waals surface area contributed by atoms with Crippen molar-refractivity contribution in [2.75, 3.05) is 22.9 Å². The number of para-hydroxylation sites is 1. The van der Waals surface area contributed by atoms with Crippen molar-refractivity contribution in [1.29, 1.82) is 0 Å². The Kier molecular flexibility index (Phi) is 7.92. The number of aromatic carboxylic acids is 1. The van der Waals surface area contributed by atoms with Gasteiger partial charge in [0, 0.05) is 36.4 Å². The zero-order valence-corrected chi connectivity index (χ0v) is 26.4. The molecule has 0 unspecified atom stereocenters. The first-order valence-corrected chi connectivity index (χ1v) is 15.5. The number of carboxylic acid groups (broad SMARTS) is 1. The van der Waals surface area contributed by atoms with Crippen LogP contribution in [0.4, 0.5) is 11.4 Å². The van der Waals surface area contributed by atoms with E-state index in [-0.39, 0.29) is 17.6 Å². The van der Waals surface area contributed by atoms with E-state index in [1.54, 1.807) is 18.3 Å². The molecule has 0 amide bonds. The third-order valence-corrected chi connectivity index (χ3v) is 9.30. The number of hydrogen-bond donors (Lipinski definition) is 2. The van der Waals surface area contributed by atoms with E-state index < -0.39 is 5.97 Å². The van der Waals surface area contributed by atoms with Gasteiger partial charge >= 0.3 is 5.97 Å². The van der Waals surface area contributed by atoms with Crippen molar-refractivity contribution in [2.24, 2.45) is 11.8 Å². The van der Waals surface area contributed by atoms with Crippen LogP contribution in [0.1, 0.15) is 65.4 Å². The summed E-state index contributed by atoms with van der Waals surface area (Å²) < 4.78 is 2.02. The van der Waals surface area contributed by atoms with E-state index in [9.17, 15) is 9.90 Å². The molecule has 0 spiro atoms. The minimum Gasteiger partial charge on any atom is -0.478 e. The summed E-state index contributed by atoms with van der Waals surface area (Å²) in [6.07, 6.45) is 3.02. The lowest BCUT2D eigenvalue weighted by molar-refractivity contribution is 0.0697. The van der Waals surface area contributed by atoms with E-state index in [1.165, 1.54) is 6.42 Å². The highest BCUT2D eigenvalue weighted by Crippen LogP contribution is 2.45. The topological polar surface area (TPSA) is 73.6 Å². The monoisotopic (exact) mass is 613 g/mol. The summed E-state index contributed by atoms with van der Waals surface area (Å²) in [7, 11) is 0. The number of aromatic nitrogens is 2. The van der Waals surface area contributed by atoms with Gasteiger partial charge in [-0.25, -0.2) is 4.79 Å². The van der Waals surface area contributed by atoms with Crippen molar-refractivity contribution in [1.82, 2.24) is 14.9 Å². The zero-order valence-electron chi connectivity index (χ0n) is 24.8. The molecule has 2 aromatic carbocycles. The van der Waals surface area contributed by atoms with Gasteiger partial charge in [0.25, 0.3) is 0 Å². The molecular weight excluding hydrogens is 578 g/mol. The summed E-state index contributed by atoms with van der Waals surface area (Å²) in [6, 6.07) is 20.9. The largest absolute Gasteiger partial charge is 0.478 e. The number of hydrogen-bond acceptors (Lipinski definition) is 4. The fraction of sp³-hybridized carbons (Fsp3) is 0.324. The Labute approximate surface area is 263 Å². The number of nitrogens with one attached hydrogen (secondary N) is 1. The number of aryl methyl sites for hydroxylation is 1. The second-order valence-electron chi connectivity index (χ2n) is 12.0. The highest BCUT2D eigenvalue weighted by Gasteiger charge is 2.42. The highest BCUT2D eigenvalue weighted by molar-refractivity contribution is 7.80. The van der Waals surface area contributed by atoms with Crippen LogP contribution in [0.25, 0.3) is 5.69 Å². The number of pyridine rings is 1. The molecule has 2 aliphatic rings. The molecule has 2 fully saturated rings. The average molecular weight is 614 g/mol. The standard InChI is InChI=1S/C34H36ClN5O2S/c1-20-15-21(2)19-38(18-20)30-13-12-24(17-27(30)35)40-32(31(37-34(40)43)28-10-7-8-14-36-28)26-16-22(3)39(23(26)4)29-11-6-5-9-25(29)33(41)42/h5-14,16-17,20-21,31-32H,15,18-19H2,1-4H3,(H,37,43)(H,41,42)/t20-,21+,31-,32+/m1/s1. The molecule has 4 atom stereocenters. The Hall–Kier alpha value is -3.88. The third kappa shape index (κ3) is 5.38. The number of thiocarbonyl (C=S) groups is 1. The van der Waals surface area contributed by atoms with Gasteiger partial charge < -0.3 is 24.8 Å². The van der Waals surface area contributed by atoms with Gasteiger partial charge in [0.2, 0.25) is 0 Å². The van der Waals surface area contributed by atoms with E-state index in [0.29, 0.717) is 27.7 Å². The predicted octanol–water partition coefficient (Wildman–Crippen LogP) is 7.50. The van der Waals surface area contributed by atoms with Crippen LogP contribution in [0.2, 0.25) is 5.02 Å². The molecule has 0 saturated carbocycles. The molecule has 2 N–H and O–H groups in total. The van der Waals surface area contributed by atoms with Gasteiger partial charge in [-0.1, -0.05) is 43.6 Å². The van der Waals surface area contributed by atoms with E-state index in [2.05, 4.69) is 47.2 Å². The van der Waals surface area contributed by atoms with Crippen molar-refractivity contribution in [3.63, 3.8) is 0 Å². The molecule has 2 saturated heterocycles. The first-order chi connectivity index (χ1) is 20.6. The van der Waals surface area contributed by atoms with E-state index in [4.69, 9.17) is 28.8 Å². The second kappa shape index (κ2) is 11.7. The fourth-order valence-corrected chi connectivity index (χ4v) is 7.66. The first-order valence-electron chi connectivity index (χ1n) is 14.7. The summed E-state index contributed by atoms with van der Waals surface area (Å²) in [5.41, 5.74) is 6.58. The van der Waals surface area contributed by atoms with Gasteiger partial charge in [-0.3, -0.25) is 4.98 Å². The lowest BCUT2D eigenvalue weighted by atomic mass is 9.91. The van der Waals surface area contributed by atoms with Crippen molar-refractivity contribution in [2.45, 2.75) is 46.2 Å². The molecule has 4 heterocycles. The molecule has 0 aliphatic carbocycles. The van der Waals surface area contributed by atoms with Crippen LogP contribution >= 0.6 is 23.8 Å². The van der Waals surface area contributed by atoms with E-state index in [0.717, 1.165) is 47.1 Å². The second-order valence-corrected chi connectivity index (χ2v) is 12.8. The van der Waals surface area contributed by atoms with Crippen LogP contribution in [-0.2, 0) is 0 Å². The Balaban J connectivity index is 1.46. The number of carboxylic acids is 1. The maximum atomic E-state index is 12.1. The summed E-state index contributed by atoms with van der Waals surface area (Å²) in [5.74, 6) is 0.258. The molecule has 43 heavy (non-hydrogen) atoms. The minimum atomic E-state index is -0.964. The normalized spacial score (nSPS) is 22.1. The highest BCUT2D eigenvalue weighted by atomic mass is 35.5. The van der Waals surface area contributed by atoms with E-state index in [1.807, 2.05) is 54.8 Å². The van der Waals surface area contributed by atoms with Gasteiger partial charge in [0.05, 0.1) is 39.7 Å². The predicted molar refractivity (Wildman–Crippen MR) is 177 cm³/mol. The zero-order chi connectivity index (χ0) is 30.4. The van der Waals surface area contributed by atoms with Crippen molar-refractivity contribution in [3.05, 3.63) is 106 Å². The van der Waals surface area contributed by atoms with Gasteiger partial charge in [0.1, 0.15) is 0 Å². The molecule has 0 radical (unpaired) electrons. The van der Waals surface area contributed by atoms with Gasteiger partial charge in [0.15, 0.2) is 5.11 Å². The molecule has 9 heteroatoms. The summed E-state index contributed by atoms with van der Waals surface area (Å²) in [5, 5.41) is 14.8. The van der Waals surface area contributed by atoms with Crippen molar-refractivity contribution in [3.8, 4) is 5.69 Å². The van der Waals surface area contributed by atoms with Crippen molar-refractivity contribution < 1.29 is 9.90 Å². The SMILES string of the molecule is Cc1cc([C@H]2[C@@H](c3ccccn3)NC(=S)N2c2ccc(N3C[C@H](C)C[C@H](C)C3)c(Cl)c2)c(C)n1-c1ccccc1C(=O)O.